The van der Waals surface area contributed by atoms with Gasteiger partial charge in [-0.25, -0.2) is 4.79 Å². The minimum Gasteiger partial charge on any atom is -0.478 e. The average molecular weight is 466 g/mol. The number of pyridine rings is 1. The number of hydrogen-bond acceptors (Lipinski definition) is 3. The highest BCUT2D eigenvalue weighted by molar-refractivity contribution is 6.31. The third kappa shape index (κ3) is 5.13. The Labute approximate surface area is 186 Å². The minimum atomic E-state index is -4.57. The third-order valence-corrected chi connectivity index (χ3v) is 5.45. The molecule has 0 aliphatic heterocycles. The van der Waals surface area contributed by atoms with Gasteiger partial charge < -0.3 is 14.4 Å². The largest absolute Gasteiger partial charge is 0.478 e. The van der Waals surface area contributed by atoms with E-state index in [2.05, 4.69) is 0 Å². The van der Waals surface area contributed by atoms with Crippen LogP contribution in [0.1, 0.15) is 40.2 Å². The number of carbonyl (C=O) groups is 1. The van der Waals surface area contributed by atoms with Crippen LogP contribution < -0.4 is 10.3 Å². The van der Waals surface area contributed by atoms with Gasteiger partial charge in [0, 0.05) is 24.3 Å². The normalized spacial score (nSPS) is 13.4. The van der Waals surface area contributed by atoms with Crippen molar-refractivity contribution in [1.29, 1.82) is 0 Å². The van der Waals surface area contributed by atoms with Crippen LogP contribution in [0.5, 0.6) is 11.5 Å². The molecule has 0 radical (unpaired) electrons. The van der Waals surface area contributed by atoms with E-state index in [1.165, 1.54) is 68.7 Å². The molecular formula is C23H19ClF3NO4. The van der Waals surface area contributed by atoms with E-state index in [1.54, 1.807) is 0 Å². The molecule has 2 atom stereocenters. The number of halogens is 4. The van der Waals surface area contributed by atoms with E-state index in [0.717, 1.165) is 10.6 Å². The second-order valence-corrected chi connectivity index (χ2v) is 7.74. The first-order valence-electron chi connectivity index (χ1n) is 9.51. The average Bonchev–Trinajstić information content (AvgIpc) is 2.70. The van der Waals surface area contributed by atoms with Gasteiger partial charge >= 0.3 is 12.1 Å². The van der Waals surface area contributed by atoms with Gasteiger partial charge in [-0.05, 0) is 53.4 Å². The van der Waals surface area contributed by atoms with Gasteiger partial charge in [0.05, 0.1) is 11.5 Å². The van der Waals surface area contributed by atoms with Crippen LogP contribution in [0, 0.1) is 0 Å². The zero-order chi connectivity index (χ0) is 23.6. The van der Waals surface area contributed by atoms with Crippen LogP contribution in [0.2, 0.25) is 5.02 Å². The van der Waals surface area contributed by atoms with Gasteiger partial charge in [-0.15, -0.1) is 0 Å². The second-order valence-electron chi connectivity index (χ2n) is 7.33. The molecule has 0 saturated carbocycles. The summed E-state index contributed by atoms with van der Waals surface area (Å²) in [5.41, 5.74) is -0.0761. The number of aryl methyl sites for hydroxylation is 1. The topological polar surface area (TPSA) is 68.5 Å². The Morgan fingerprint density at radius 2 is 1.69 bits per heavy atom. The van der Waals surface area contributed by atoms with Crippen LogP contribution >= 0.6 is 11.6 Å². The van der Waals surface area contributed by atoms with Crippen molar-refractivity contribution in [1.82, 2.24) is 4.57 Å². The van der Waals surface area contributed by atoms with E-state index in [9.17, 15) is 22.8 Å². The molecule has 0 amide bonds. The maximum atomic E-state index is 14.0. The molecule has 3 aromatic rings. The highest BCUT2D eigenvalue weighted by Crippen LogP contribution is 2.46. The van der Waals surface area contributed by atoms with Gasteiger partial charge in [-0.3, -0.25) is 4.79 Å². The maximum absolute atomic E-state index is 14.0. The molecule has 1 N–H and O–H groups in total. The highest BCUT2D eigenvalue weighted by atomic mass is 35.5. The quantitative estimate of drug-likeness (QED) is 0.486. The van der Waals surface area contributed by atoms with Crippen molar-refractivity contribution in [3.05, 3.63) is 92.9 Å². The lowest BCUT2D eigenvalue weighted by Gasteiger charge is -2.28. The van der Waals surface area contributed by atoms with Crippen molar-refractivity contribution in [3.63, 3.8) is 0 Å². The molecule has 0 aliphatic carbocycles. The number of aromatic nitrogens is 1. The number of carboxylic acids is 1. The number of benzene rings is 2. The van der Waals surface area contributed by atoms with Crippen LogP contribution in [-0.4, -0.2) is 21.8 Å². The molecule has 9 heteroatoms. The maximum Gasteiger partial charge on any atom is 0.396 e. The van der Waals surface area contributed by atoms with E-state index in [-0.39, 0.29) is 21.7 Å². The Hall–Kier alpha value is -3.26. The number of aromatic carboxylic acids is 1. The third-order valence-electron chi connectivity index (χ3n) is 5.12. The fraction of sp³-hybridized carbons (Fsp3) is 0.217. The predicted octanol–water partition coefficient (Wildman–Crippen LogP) is 5.98. The molecule has 2 unspecified atom stereocenters. The van der Waals surface area contributed by atoms with E-state index < -0.39 is 29.5 Å². The molecule has 168 valence electrons. The number of alkyl halides is 3. The fourth-order valence-electron chi connectivity index (χ4n) is 3.48. The van der Waals surface area contributed by atoms with Gasteiger partial charge in [0.2, 0.25) is 5.56 Å². The summed E-state index contributed by atoms with van der Waals surface area (Å²) >= 11 is 6.32. The first kappa shape index (κ1) is 23.4. The summed E-state index contributed by atoms with van der Waals surface area (Å²) < 4.78 is 48.6. The Morgan fingerprint density at radius 3 is 2.22 bits per heavy atom. The molecule has 1 aromatic heterocycles. The van der Waals surface area contributed by atoms with Crippen molar-refractivity contribution in [2.24, 2.45) is 7.05 Å². The Bertz CT molecular complexity index is 1190. The Morgan fingerprint density at radius 1 is 1.06 bits per heavy atom. The van der Waals surface area contributed by atoms with Crippen LogP contribution in [0.25, 0.3) is 0 Å². The summed E-state index contributed by atoms with van der Waals surface area (Å²) in [6, 6.07) is 12.3. The summed E-state index contributed by atoms with van der Waals surface area (Å²) in [6.07, 6.45) is -3.38. The lowest BCUT2D eigenvalue weighted by molar-refractivity contribution is -0.154. The van der Waals surface area contributed by atoms with E-state index in [4.69, 9.17) is 21.4 Å². The monoisotopic (exact) mass is 465 g/mol. The SMILES string of the molecule is CC(c1ccc(Oc2ccc(C(=O)O)cc2)cc1Cl)C(c1ccc(=O)n(C)c1)C(F)(F)F. The highest BCUT2D eigenvalue weighted by Gasteiger charge is 2.45. The molecule has 0 fully saturated rings. The van der Waals surface area contributed by atoms with E-state index >= 15 is 0 Å². The van der Waals surface area contributed by atoms with Crippen LogP contribution in [0.15, 0.2) is 65.6 Å². The standard InChI is InChI=1S/C23H19ClF3NO4/c1-13(21(23(25,26)27)15-5-10-20(29)28(2)12-15)18-9-8-17(11-19(18)24)32-16-6-3-14(4-7-16)22(30)31/h3-13,21H,1-2H3,(H,30,31). The molecule has 0 bridgehead atoms. The number of ether oxygens (including phenoxy) is 1. The molecule has 0 saturated heterocycles. The predicted molar refractivity (Wildman–Crippen MR) is 114 cm³/mol. The fourth-order valence-corrected chi connectivity index (χ4v) is 3.82. The number of rotatable bonds is 6. The molecule has 3 rings (SSSR count). The molecule has 32 heavy (non-hydrogen) atoms. The second kappa shape index (κ2) is 9.08. The van der Waals surface area contributed by atoms with Gasteiger partial charge in [0.1, 0.15) is 11.5 Å². The van der Waals surface area contributed by atoms with Crippen LogP contribution in [0.3, 0.4) is 0 Å². The summed E-state index contributed by atoms with van der Waals surface area (Å²) in [6.45, 7) is 1.43. The first-order valence-corrected chi connectivity index (χ1v) is 9.89. The molecule has 0 spiro atoms. The van der Waals surface area contributed by atoms with Crippen molar-refractivity contribution in [2.75, 3.05) is 0 Å². The van der Waals surface area contributed by atoms with Gasteiger partial charge in [0.15, 0.2) is 0 Å². The Kier molecular flexibility index (Phi) is 6.64. The van der Waals surface area contributed by atoms with Gasteiger partial charge in [-0.1, -0.05) is 30.7 Å². The van der Waals surface area contributed by atoms with Crippen molar-refractivity contribution in [2.45, 2.75) is 24.9 Å². The van der Waals surface area contributed by atoms with Crippen molar-refractivity contribution < 1.29 is 27.8 Å². The summed E-state index contributed by atoms with van der Waals surface area (Å²) in [4.78, 5) is 22.5. The lowest BCUT2D eigenvalue weighted by atomic mass is 9.82. The molecule has 0 aliphatic rings. The molecule has 1 heterocycles. The first-order chi connectivity index (χ1) is 15.0. The number of carboxylic acid groups (broad SMARTS) is 1. The van der Waals surface area contributed by atoms with Gasteiger partial charge in [0.25, 0.3) is 0 Å². The number of hydrogen-bond donors (Lipinski definition) is 1. The Balaban J connectivity index is 1.89. The minimum absolute atomic E-state index is 0.0398. The summed E-state index contributed by atoms with van der Waals surface area (Å²) in [7, 11) is 1.39. The van der Waals surface area contributed by atoms with Crippen LogP contribution in [0.4, 0.5) is 13.2 Å². The molecule has 5 nitrogen and oxygen atoms in total. The van der Waals surface area contributed by atoms with Crippen molar-refractivity contribution in [3.8, 4) is 11.5 Å². The zero-order valence-corrected chi connectivity index (χ0v) is 17.8. The van der Waals surface area contributed by atoms with E-state index in [0.29, 0.717) is 11.5 Å². The van der Waals surface area contributed by atoms with Crippen molar-refractivity contribution >= 4 is 17.6 Å². The number of nitrogens with zero attached hydrogens (tertiary/aromatic N) is 1. The lowest BCUT2D eigenvalue weighted by Crippen LogP contribution is -2.28. The van der Waals surface area contributed by atoms with E-state index in [1.807, 2.05) is 0 Å². The zero-order valence-electron chi connectivity index (χ0n) is 17.1. The smallest absolute Gasteiger partial charge is 0.396 e. The summed E-state index contributed by atoms with van der Waals surface area (Å²) in [5.74, 6) is -3.34. The van der Waals surface area contributed by atoms with Crippen LogP contribution in [-0.2, 0) is 7.05 Å². The molecule has 2 aromatic carbocycles. The van der Waals surface area contributed by atoms with Gasteiger partial charge in [-0.2, -0.15) is 13.2 Å². The molecular weight excluding hydrogens is 447 g/mol. The summed E-state index contributed by atoms with van der Waals surface area (Å²) in [5, 5.41) is 9.04.